The summed E-state index contributed by atoms with van der Waals surface area (Å²) >= 11 is 24.8. The van der Waals surface area contributed by atoms with Gasteiger partial charge in [-0.15, -0.1) is 0 Å². The maximum atomic E-state index is 13.9. The molecule has 208 valence electrons. The molecule has 1 N–H and O–H groups in total. The fourth-order valence-corrected chi connectivity index (χ4v) is 6.15. The smallest absolute Gasteiger partial charge is 0.264 e. The average molecular weight is 631 g/mol. The van der Waals surface area contributed by atoms with Crippen molar-refractivity contribution in [3.63, 3.8) is 0 Å². The van der Waals surface area contributed by atoms with E-state index in [-0.39, 0.29) is 27.2 Å². The Hall–Kier alpha value is -2.49. The average Bonchev–Trinajstić information content (AvgIpc) is 2.89. The molecule has 0 aliphatic carbocycles. The van der Waals surface area contributed by atoms with Gasteiger partial charge in [0.1, 0.15) is 12.6 Å². The van der Waals surface area contributed by atoms with E-state index in [2.05, 4.69) is 5.32 Å². The lowest BCUT2D eigenvalue weighted by Gasteiger charge is -2.32. The van der Waals surface area contributed by atoms with Crippen molar-refractivity contribution in [2.24, 2.45) is 0 Å². The van der Waals surface area contributed by atoms with Gasteiger partial charge < -0.3 is 10.2 Å². The van der Waals surface area contributed by atoms with Gasteiger partial charge in [-0.1, -0.05) is 77.6 Å². The lowest BCUT2D eigenvalue weighted by atomic mass is 10.1. The van der Waals surface area contributed by atoms with Crippen molar-refractivity contribution in [3.8, 4) is 0 Å². The molecule has 2 amide bonds. The van der Waals surface area contributed by atoms with Crippen LogP contribution >= 0.6 is 46.4 Å². The highest BCUT2D eigenvalue weighted by molar-refractivity contribution is 7.92. The summed E-state index contributed by atoms with van der Waals surface area (Å²) in [6.07, 6.45) is 0.702. The normalized spacial score (nSPS) is 12.1. The van der Waals surface area contributed by atoms with Crippen LogP contribution in [0.25, 0.3) is 0 Å². The summed E-state index contributed by atoms with van der Waals surface area (Å²) in [5.41, 5.74) is 0.630. The molecule has 0 aliphatic heterocycles. The summed E-state index contributed by atoms with van der Waals surface area (Å²) in [6, 6.07) is 15.8. The number of halogens is 4. The number of nitrogens with one attached hydrogen (secondary N) is 1. The fourth-order valence-electron chi connectivity index (χ4n) is 3.74. The summed E-state index contributed by atoms with van der Waals surface area (Å²) in [5, 5.41) is 3.87. The topological polar surface area (TPSA) is 86.8 Å². The van der Waals surface area contributed by atoms with Crippen molar-refractivity contribution in [2.45, 2.75) is 37.8 Å². The maximum absolute atomic E-state index is 13.9. The number of carbonyl (C=O) groups excluding carboxylic acids is 2. The van der Waals surface area contributed by atoms with Crippen LogP contribution in [0.2, 0.25) is 20.1 Å². The highest BCUT2D eigenvalue weighted by Crippen LogP contribution is 2.30. The van der Waals surface area contributed by atoms with Crippen LogP contribution in [0.4, 0.5) is 5.69 Å². The minimum Gasteiger partial charge on any atom is -0.354 e. The SMILES string of the molecule is CCCNC(=O)C(C)N(Cc1ccc(Cl)cc1Cl)C(=O)CN(c1cc(Cl)cc(Cl)c1)S(=O)(=O)c1ccccc1. The third-order valence-corrected chi connectivity index (χ3v) is 8.63. The number of benzene rings is 3. The first-order valence-corrected chi connectivity index (χ1v) is 14.9. The van der Waals surface area contributed by atoms with Crippen LogP contribution in [0.15, 0.2) is 71.6 Å². The van der Waals surface area contributed by atoms with E-state index in [1.165, 1.54) is 41.3 Å². The van der Waals surface area contributed by atoms with E-state index >= 15 is 0 Å². The molecule has 0 heterocycles. The van der Waals surface area contributed by atoms with E-state index in [9.17, 15) is 18.0 Å². The quantitative estimate of drug-likeness (QED) is 0.264. The Bertz CT molecular complexity index is 1420. The Kier molecular flexibility index (Phi) is 10.9. The van der Waals surface area contributed by atoms with Crippen LogP contribution in [0.1, 0.15) is 25.8 Å². The predicted octanol–water partition coefficient (Wildman–Crippen LogP) is 6.44. The predicted molar refractivity (Wildman–Crippen MR) is 157 cm³/mol. The van der Waals surface area contributed by atoms with Crippen molar-refractivity contribution < 1.29 is 18.0 Å². The van der Waals surface area contributed by atoms with E-state index in [4.69, 9.17) is 46.4 Å². The van der Waals surface area contributed by atoms with Crippen LogP contribution < -0.4 is 9.62 Å². The molecule has 0 bridgehead atoms. The van der Waals surface area contributed by atoms with E-state index < -0.39 is 34.4 Å². The fraction of sp³-hybridized carbons (Fsp3) is 0.259. The molecule has 0 aromatic heterocycles. The van der Waals surface area contributed by atoms with E-state index in [1.54, 1.807) is 37.3 Å². The molecule has 0 spiro atoms. The van der Waals surface area contributed by atoms with Gasteiger partial charge >= 0.3 is 0 Å². The molecular weight excluding hydrogens is 604 g/mol. The first-order chi connectivity index (χ1) is 18.4. The largest absolute Gasteiger partial charge is 0.354 e. The summed E-state index contributed by atoms with van der Waals surface area (Å²) in [5.74, 6) is -1.03. The molecule has 3 rings (SSSR count). The Balaban J connectivity index is 2.06. The van der Waals surface area contributed by atoms with Crippen molar-refractivity contribution in [3.05, 3.63) is 92.4 Å². The Morgan fingerprint density at radius 1 is 0.897 bits per heavy atom. The van der Waals surface area contributed by atoms with Crippen LogP contribution in [0.5, 0.6) is 0 Å². The highest BCUT2D eigenvalue weighted by Gasteiger charge is 2.33. The number of hydrogen-bond donors (Lipinski definition) is 1. The number of rotatable bonds is 11. The van der Waals surface area contributed by atoms with Crippen LogP contribution in [-0.4, -0.2) is 44.3 Å². The maximum Gasteiger partial charge on any atom is 0.264 e. The standard InChI is InChI=1S/C27H27Cl4N3O4S/c1-3-11-32-27(36)18(2)33(16-19-9-10-20(28)15-25(19)31)26(35)17-34(23-13-21(29)12-22(30)14-23)39(37,38)24-7-5-4-6-8-24/h4-10,12-15,18H,3,11,16-17H2,1-2H3,(H,32,36). The van der Waals surface area contributed by atoms with Gasteiger partial charge in [0.25, 0.3) is 10.0 Å². The molecule has 3 aromatic carbocycles. The van der Waals surface area contributed by atoms with Crippen molar-refractivity contribution >= 4 is 73.9 Å². The zero-order valence-electron chi connectivity index (χ0n) is 21.2. The van der Waals surface area contributed by atoms with Gasteiger partial charge in [-0.05, 0) is 61.4 Å². The molecule has 3 aromatic rings. The van der Waals surface area contributed by atoms with Crippen molar-refractivity contribution in [2.75, 3.05) is 17.4 Å². The van der Waals surface area contributed by atoms with Crippen LogP contribution in [0.3, 0.4) is 0 Å². The van der Waals surface area contributed by atoms with Crippen molar-refractivity contribution in [1.29, 1.82) is 0 Å². The molecule has 0 saturated carbocycles. The molecule has 39 heavy (non-hydrogen) atoms. The van der Waals surface area contributed by atoms with Gasteiger partial charge in [0.2, 0.25) is 11.8 Å². The zero-order chi connectivity index (χ0) is 28.7. The van der Waals surface area contributed by atoms with Gasteiger partial charge in [0.15, 0.2) is 0 Å². The minimum atomic E-state index is -4.24. The molecule has 7 nitrogen and oxygen atoms in total. The molecule has 0 saturated heterocycles. The molecule has 0 aliphatic rings. The minimum absolute atomic E-state index is 0.0325. The Labute approximate surface area is 248 Å². The first kappa shape index (κ1) is 31.0. The zero-order valence-corrected chi connectivity index (χ0v) is 25.0. The highest BCUT2D eigenvalue weighted by atomic mass is 35.5. The first-order valence-electron chi connectivity index (χ1n) is 12.0. The molecule has 12 heteroatoms. The van der Waals surface area contributed by atoms with Gasteiger partial charge in [0.05, 0.1) is 10.6 Å². The second-order valence-electron chi connectivity index (χ2n) is 8.68. The molecule has 1 atom stereocenters. The number of carbonyl (C=O) groups is 2. The number of anilines is 1. The Morgan fingerprint density at radius 3 is 2.13 bits per heavy atom. The Morgan fingerprint density at radius 2 is 1.54 bits per heavy atom. The number of amides is 2. The summed E-state index contributed by atoms with van der Waals surface area (Å²) in [7, 11) is -4.24. The summed E-state index contributed by atoms with van der Waals surface area (Å²) in [6.45, 7) is 3.20. The number of sulfonamides is 1. The molecule has 0 fully saturated rings. The molecule has 1 unspecified atom stereocenters. The monoisotopic (exact) mass is 629 g/mol. The van der Waals surface area contributed by atoms with E-state index in [1.807, 2.05) is 6.92 Å². The van der Waals surface area contributed by atoms with Gasteiger partial charge in [-0.3, -0.25) is 13.9 Å². The van der Waals surface area contributed by atoms with Crippen molar-refractivity contribution in [1.82, 2.24) is 10.2 Å². The second-order valence-corrected chi connectivity index (χ2v) is 12.3. The van der Waals surface area contributed by atoms with E-state index in [0.717, 1.165) is 4.31 Å². The lowest BCUT2D eigenvalue weighted by Crippen LogP contribution is -2.51. The summed E-state index contributed by atoms with van der Waals surface area (Å²) < 4.78 is 28.5. The van der Waals surface area contributed by atoms with Gasteiger partial charge in [-0.25, -0.2) is 8.42 Å². The van der Waals surface area contributed by atoms with Crippen LogP contribution in [-0.2, 0) is 26.2 Å². The third-order valence-electron chi connectivity index (χ3n) is 5.82. The summed E-state index contributed by atoms with van der Waals surface area (Å²) in [4.78, 5) is 28.0. The van der Waals surface area contributed by atoms with Gasteiger partial charge in [-0.2, -0.15) is 0 Å². The number of nitrogens with zero attached hydrogens (tertiary/aromatic N) is 2. The number of hydrogen-bond acceptors (Lipinski definition) is 4. The molecule has 0 radical (unpaired) electrons. The van der Waals surface area contributed by atoms with Gasteiger partial charge in [0, 0.05) is 33.2 Å². The molecular formula is C27H27Cl4N3O4S. The second kappa shape index (κ2) is 13.7. The third kappa shape index (κ3) is 8.02. The van der Waals surface area contributed by atoms with Crippen LogP contribution in [0, 0.1) is 0 Å². The van der Waals surface area contributed by atoms with E-state index in [0.29, 0.717) is 28.6 Å². The lowest BCUT2D eigenvalue weighted by molar-refractivity contribution is -0.139.